The third-order valence-electron chi connectivity index (χ3n) is 2.82. The van der Waals surface area contributed by atoms with Crippen LogP contribution >= 0.6 is 23.1 Å². The molecule has 0 aliphatic heterocycles. The highest BCUT2D eigenvalue weighted by Crippen LogP contribution is 2.22. The van der Waals surface area contributed by atoms with Gasteiger partial charge in [0, 0.05) is 16.7 Å². The SMILES string of the molecule is CC(C)(C)C(CC(=O)O)NC(=O)CSCc1cccs1. The normalized spacial score (nSPS) is 12.9. The van der Waals surface area contributed by atoms with Crippen molar-refractivity contribution in [2.75, 3.05) is 5.75 Å². The van der Waals surface area contributed by atoms with Crippen LogP contribution < -0.4 is 5.32 Å². The van der Waals surface area contributed by atoms with Crippen molar-refractivity contribution in [1.29, 1.82) is 0 Å². The molecule has 1 rings (SSSR count). The first-order valence-electron chi connectivity index (χ1n) is 6.40. The lowest BCUT2D eigenvalue weighted by atomic mass is 9.85. The zero-order chi connectivity index (χ0) is 15.2. The largest absolute Gasteiger partial charge is 0.481 e. The molecule has 0 radical (unpaired) electrons. The maximum atomic E-state index is 11.9. The first-order valence-corrected chi connectivity index (χ1v) is 8.43. The summed E-state index contributed by atoms with van der Waals surface area (Å²) in [6.45, 7) is 5.79. The van der Waals surface area contributed by atoms with Gasteiger partial charge >= 0.3 is 5.97 Å². The fourth-order valence-corrected chi connectivity index (χ4v) is 3.30. The van der Waals surface area contributed by atoms with Crippen LogP contribution in [0.5, 0.6) is 0 Å². The summed E-state index contributed by atoms with van der Waals surface area (Å²) >= 11 is 3.21. The number of rotatable bonds is 7. The Hall–Kier alpha value is -1.01. The van der Waals surface area contributed by atoms with Gasteiger partial charge in [-0.05, 0) is 16.9 Å². The van der Waals surface area contributed by atoms with E-state index in [1.165, 1.54) is 4.88 Å². The van der Waals surface area contributed by atoms with E-state index in [1.54, 1.807) is 23.1 Å². The van der Waals surface area contributed by atoms with E-state index in [0.717, 1.165) is 5.75 Å². The van der Waals surface area contributed by atoms with E-state index < -0.39 is 5.97 Å². The van der Waals surface area contributed by atoms with Crippen LogP contribution in [0.1, 0.15) is 32.1 Å². The van der Waals surface area contributed by atoms with Crippen LogP contribution in [0, 0.1) is 5.41 Å². The molecule has 1 aromatic rings. The summed E-state index contributed by atoms with van der Waals surface area (Å²) in [5, 5.41) is 13.7. The van der Waals surface area contributed by atoms with Gasteiger partial charge in [0.2, 0.25) is 5.91 Å². The summed E-state index contributed by atoms with van der Waals surface area (Å²) < 4.78 is 0. The minimum Gasteiger partial charge on any atom is -0.481 e. The molecule has 0 fully saturated rings. The van der Waals surface area contributed by atoms with E-state index in [1.807, 2.05) is 38.3 Å². The van der Waals surface area contributed by atoms with Crippen molar-refractivity contribution in [2.24, 2.45) is 5.41 Å². The van der Waals surface area contributed by atoms with Crippen molar-refractivity contribution < 1.29 is 14.7 Å². The molecular formula is C14H21NO3S2. The molecule has 1 heterocycles. The molecule has 0 aliphatic carbocycles. The average molecular weight is 315 g/mol. The van der Waals surface area contributed by atoms with Crippen LogP contribution in [-0.2, 0) is 15.3 Å². The third-order valence-corrected chi connectivity index (χ3v) is 4.86. The third kappa shape index (κ3) is 6.43. The predicted octanol–water partition coefficient (Wildman–Crippen LogP) is 2.99. The fraction of sp³-hybridized carbons (Fsp3) is 0.571. The highest BCUT2D eigenvalue weighted by atomic mass is 32.2. The molecule has 4 nitrogen and oxygen atoms in total. The van der Waals surface area contributed by atoms with E-state index in [0.29, 0.717) is 5.75 Å². The van der Waals surface area contributed by atoms with E-state index in [2.05, 4.69) is 5.32 Å². The smallest absolute Gasteiger partial charge is 0.305 e. The molecule has 2 N–H and O–H groups in total. The van der Waals surface area contributed by atoms with Crippen molar-refractivity contribution in [2.45, 2.75) is 39.0 Å². The highest BCUT2D eigenvalue weighted by molar-refractivity contribution is 7.99. The predicted molar refractivity (Wildman–Crippen MR) is 84.1 cm³/mol. The second kappa shape index (κ2) is 7.69. The lowest BCUT2D eigenvalue weighted by molar-refractivity contribution is -0.138. The van der Waals surface area contributed by atoms with Gasteiger partial charge in [0.1, 0.15) is 0 Å². The number of carbonyl (C=O) groups is 2. The monoisotopic (exact) mass is 315 g/mol. The van der Waals surface area contributed by atoms with Gasteiger partial charge in [-0.1, -0.05) is 26.8 Å². The standard InChI is InChI=1S/C14H21NO3S2/c1-14(2,3)11(7-13(17)18)15-12(16)9-19-8-10-5-4-6-20-10/h4-6,11H,7-9H2,1-3H3,(H,15,16)(H,17,18). The lowest BCUT2D eigenvalue weighted by Gasteiger charge is -2.30. The number of carboxylic acids is 1. The minimum atomic E-state index is -0.892. The Morgan fingerprint density at radius 3 is 2.65 bits per heavy atom. The quantitative estimate of drug-likeness (QED) is 0.812. The van der Waals surface area contributed by atoms with E-state index in [-0.39, 0.29) is 23.8 Å². The molecular weight excluding hydrogens is 294 g/mol. The number of thioether (sulfide) groups is 1. The Bertz CT molecular complexity index is 438. The number of carboxylic acid groups (broad SMARTS) is 1. The van der Waals surface area contributed by atoms with E-state index in [4.69, 9.17) is 5.11 Å². The molecule has 0 aromatic carbocycles. The van der Waals surface area contributed by atoms with Gasteiger partial charge in [0.05, 0.1) is 12.2 Å². The van der Waals surface area contributed by atoms with E-state index >= 15 is 0 Å². The van der Waals surface area contributed by atoms with Crippen molar-refractivity contribution in [3.05, 3.63) is 22.4 Å². The van der Waals surface area contributed by atoms with Crippen molar-refractivity contribution >= 4 is 35.0 Å². The van der Waals surface area contributed by atoms with Gasteiger partial charge in [-0.25, -0.2) is 0 Å². The molecule has 0 saturated carbocycles. The molecule has 0 saturated heterocycles. The summed E-state index contributed by atoms with van der Waals surface area (Å²) in [6.07, 6.45) is -0.0508. The molecule has 0 spiro atoms. The maximum Gasteiger partial charge on any atom is 0.305 e. The molecule has 1 aromatic heterocycles. The molecule has 6 heteroatoms. The maximum absolute atomic E-state index is 11.9. The summed E-state index contributed by atoms with van der Waals surface area (Å²) in [7, 11) is 0. The summed E-state index contributed by atoms with van der Waals surface area (Å²) in [6, 6.07) is 3.68. The van der Waals surface area contributed by atoms with Crippen LogP contribution in [0.25, 0.3) is 0 Å². The van der Waals surface area contributed by atoms with Crippen LogP contribution in [0.2, 0.25) is 0 Å². The average Bonchev–Trinajstić information content (AvgIpc) is 2.79. The van der Waals surface area contributed by atoms with Crippen LogP contribution in [0.3, 0.4) is 0 Å². The molecule has 0 aliphatic rings. The number of hydrogen-bond donors (Lipinski definition) is 2. The minimum absolute atomic E-state index is 0.0508. The Labute approximate surface area is 128 Å². The number of amides is 1. The Balaban J connectivity index is 2.39. The van der Waals surface area contributed by atoms with Gasteiger partial charge < -0.3 is 10.4 Å². The molecule has 0 bridgehead atoms. The number of aliphatic carboxylic acids is 1. The molecule has 1 amide bonds. The first-order chi connectivity index (χ1) is 9.29. The zero-order valence-corrected chi connectivity index (χ0v) is 13.6. The van der Waals surface area contributed by atoms with Gasteiger partial charge in [-0.15, -0.1) is 23.1 Å². The Kier molecular flexibility index (Phi) is 6.55. The van der Waals surface area contributed by atoms with Gasteiger partial charge in [0.25, 0.3) is 0 Å². The highest BCUT2D eigenvalue weighted by Gasteiger charge is 2.28. The number of hydrogen-bond acceptors (Lipinski definition) is 4. The van der Waals surface area contributed by atoms with Crippen molar-refractivity contribution in [3.63, 3.8) is 0 Å². The molecule has 112 valence electrons. The molecule has 20 heavy (non-hydrogen) atoms. The molecule has 1 atom stereocenters. The Morgan fingerprint density at radius 2 is 2.15 bits per heavy atom. The zero-order valence-electron chi connectivity index (χ0n) is 12.0. The van der Waals surface area contributed by atoms with Crippen LogP contribution in [0.15, 0.2) is 17.5 Å². The van der Waals surface area contributed by atoms with Gasteiger partial charge in [0.15, 0.2) is 0 Å². The Morgan fingerprint density at radius 1 is 1.45 bits per heavy atom. The van der Waals surface area contributed by atoms with Crippen molar-refractivity contribution in [3.8, 4) is 0 Å². The lowest BCUT2D eigenvalue weighted by Crippen LogP contribution is -2.45. The summed E-state index contributed by atoms with van der Waals surface area (Å²) in [4.78, 5) is 24.0. The number of thiophene rings is 1. The number of nitrogens with one attached hydrogen (secondary N) is 1. The summed E-state index contributed by atoms with van der Waals surface area (Å²) in [5.74, 6) is 0.165. The van der Waals surface area contributed by atoms with E-state index in [9.17, 15) is 9.59 Å². The van der Waals surface area contributed by atoms with Crippen molar-refractivity contribution in [1.82, 2.24) is 5.32 Å². The molecule has 1 unspecified atom stereocenters. The summed E-state index contributed by atoms with van der Waals surface area (Å²) in [5.41, 5.74) is -0.271. The second-order valence-corrected chi connectivity index (χ2v) is 7.67. The fourth-order valence-electron chi connectivity index (χ4n) is 1.62. The second-order valence-electron chi connectivity index (χ2n) is 5.66. The van der Waals surface area contributed by atoms with Gasteiger partial charge in [-0.2, -0.15) is 0 Å². The first kappa shape index (κ1) is 17.0. The topological polar surface area (TPSA) is 66.4 Å². The van der Waals surface area contributed by atoms with Gasteiger partial charge in [-0.3, -0.25) is 9.59 Å². The number of carbonyl (C=O) groups excluding carboxylic acids is 1. The van der Waals surface area contributed by atoms with Crippen LogP contribution in [-0.4, -0.2) is 28.8 Å². The van der Waals surface area contributed by atoms with Crippen LogP contribution in [0.4, 0.5) is 0 Å².